The Morgan fingerprint density at radius 3 is 2.68 bits per heavy atom. The van der Waals surface area contributed by atoms with Gasteiger partial charge in [-0.25, -0.2) is 0 Å². The quantitative estimate of drug-likeness (QED) is 0.784. The van der Waals surface area contributed by atoms with E-state index in [0.29, 0.717) is 13.2 Å². The number of ether oxygens (including phenoxy) is 2. The third-order valence-electron chi connectivity index (χ3n) is 3.34. The molecule has 0 saturated heterocycles. The molecule has 2 N–H and O–H groups in total. The Morgan fingerprint density at radius 2 is 2.05 bits per heavy atom. The van der Waals surface area contributed by atoms with Gasteiger partial charge in [0.2, 0.25) is 0 Å². The first-order valence-corrected chi connectivity index (χ1v) is 8.10. The Kier molecular flexibility index (Phi) is 5.83. The van der Waals surface area contributed by atoms with Gasteiger partial charge in [0.05, 0.1) is 13.7 Å². The molecule has 0 saturated carbocycles. The highest BCUT2D eigenvalue weighted by Gasteiger charge is 2.15. The summed E-state index contributed by atoms with van der Waals surface area (Å²) in [5.41, 5.74) is 0.781. The summed E-state index contributed by atoms with van der Waals surface area (Å²) < 4.78 is 11.2. The molecule has 4 nitrogen and oxygen atoms in total. The SMILES string of the molecule is COc1cc(CNC(C)(C)CO)ccc1OCc1cccs1. The van der Waals surface area contributed by atoms with Gasteiger partial charge in [-0.15, -0.1) is 11.3 Å². The van der Waals surface area contributed by atoms with Crippen LogP contribution in [0.1, 0.15) is 24.3 Å². The van der Waals surface area contributed by atoms with Crippen molar-refractivity contribution >= 4 is 11.3 Å². The van der Waals surface area contributed by atoms with Crippen LogP contribution in [0.2, 0.25) is 0 Å². The van der Waals surface area contributed by atoms with Gasteiger partial charge >= 0.3 is 0 Å². The molecule has 0 fully saturated rings. The molecular formula is C17H23NO3S. The van der Waals surface area contributed by atoms with E-state index in [4.69, 9.17) is 9.47 Å². The minimum absolute atomic E-state index is 0.0894. The van der Waals surface area contributed by atoms with Crippen molar-refractivity contribution in [1.29, 1.82) is 0 Å². The van der Waals surface area contributed by atoms with Crippen LogP contribution < -0.4 is 14.8 Å². The van der Waals surface area contributed by atoms with Crippen molar-refractivity contribution in [2.75, 3.05) is 13.7 Å². The summed E-state index contributed by atoms with van der Waals surface area (Å²) in [7, 11) is 1.64. The normalized spacial score (nSPS) is 11.5. The van der Waals surface area contributed by atoms with Crippen molar-refractivity contribution in [3.05, 3.63) is 46.2 Å². The minimum atomic E-state index is -0.304. The first-order chi connectivity index (χ1) is 10.5. The molecule has 1 heterocycles. The summed E-state index contributed by atoms with van der Waals surface area (Å²) in [6, 6.07) is 9.96. The van der Waals surface area contributed by atoms with Gasteiger partial charge in [0.15, 0.2) is 11.5 Å². The van der Waals surface area contributed by atoms with E-state index in [1.807, 2.05) is 49.6 Å². The van der Waals surface area contributed by atoms with E-state index in [-0.39, 0.29) is 12.1 Å². The molecule has 0 spiro atoms. The molecule has 5 heteroatoms. The highest BCUT2D eigenvalue weighted by atomic mass is 32.1. The third kappa shape index (κ3) is 4.73. The Bertz CT molecular complexity index is 582. The molecule has 0 aliphatic heterocycles. The maximum Gasteiger partial charge on any atom is 0.161 e. The molecular weight excluding hydrogens is 298 g/mol. The van der Waals surface area contributed by atoms with E-state index in [1.165, 1.54) is 4.88 Å². The zero-order valence-electron chi connectivity index (χ0n) is 13.3. The summed E-state index contributed by atoms with van der Waals surface area (Å²) in [5, 5.41) is 14.6. The number of methoxy groups -OCH3 is 1. The van der Waals surface area contributed by atoms with Gasteiger partial charge in [-0.05, 0) is 43.0 Å². The van der Waals surface area contributed by atoms with Crippen LogP contribution in [-0.2, 0) is 13.2 Å². The van der Waals surface area contributed by atoms with Crippen LogP contribution >= 0.6 is 11.3 Å². The molecule has 0 atom stereocenters. The van der Waals surface area contributed by atoms with Gasteiger partial charge in [0.25, 0.3) is 0 Å². The molecule has 1 aromatic carbocycles. The summed E-state index contributed by atoms with van der Waals surface area (Å²) >= 11 is 1.67. The molecule has 2 aromatic rings. The molecule has 2 rings (SSSR count). The van der Waals surface area contributed by atoms with Crippen LogP contribution in [0.4, 0.5) is 0 Å². The van der Waals surface area contributed by atoms with Crippen LogP contribution in [-0.4, -0.2) is 24.4 Å². The van der Waals surface area contributed by atoms with E-state index in [9.17, 15) is 5.11 Å². The van der Waals surface area contributed by atoms with E-state index in [0.717, 1.165) is 17.1 Å². The van der Waals surface area contributed by atoms with Crippen molar-refractivity contribution in [3.8, 4) is 11.5 Å². The van der Waals surface area contributed by atoms with Crippen LogP contribution in [0.3, 0.4) is 0 Å². The van der Waals surface area contributed by atoms with Crippen molar-refractivity contribution in [2.24, 2.45) is 0 Å². The number of hydrogen-bond donors (Lipinski definition) is 2. The number of thiophene rings is 1. The van der Waals surface area contributed by atoms with Crippen molar-refractivity contribution in [1.82, 2.24) is 5.32 Å². The zero-order valence-corrected chi connectivity index (χ0v) is 14.1. The largest absolute Gasteiger partial charge is 0.493 e. The average molecular weight is 321 g/mol. The number of rotatable bonds is 8. The molecule has 0 amide bonds. The first kappa shape index (κ1) is 16.8. The van der Waals surface area contributed by atoms with Crippen LogP contribution in [0.25, 0.3) is 0 Å². The fourth-order valence-corrected chi connectivity index (χ4v) is 2.50. The summed E-state index contributed by atoms with van der Waals surface area (Å²) in [6.07, 6.45) is 0. The lowest BCUT2D eigenvalue weighted by atomic mass is 10.1. The van der Waals surface area contributed by atoms with E-state index in [1.54, 1.807) is 18.4 Å². The minimum Gasteiger partial charge on any atom is -0.493 e. The molecule has 1 aromatic heterocycles. The molecule has 0 radical (unpaired) electrons. The third-order valence-corrected chi connectivity index (χ3v) is 4.19. The van der Waals surface area contributed by atoms with Gasteiger partial charge in [-0.3, -0.25) is 0 Å². The lowest BCUT2D eigenvalue weighted by Gasteiger charge is -2.23. The fourth-order valence-electron chi connectivity index (χ4n) is 1.88. The standard InChI is InChI=1S/C17H23NO3S/c1-17(2,12-19)18-10-13-6-7-15(16(9-13)20-3)21-11-14-5-4-8-22-14/h4-9,18-19H,10-12H2,1-3H3. The zero-order chi connectivity index (χ0) is 16.0. The maximum absolute atomic E-state index is 9.27. The number of hydrogen-bond acceptors (Lipinski definition) is 5. The van der Waals surface area contributed by atoms with Gasteiger partial charge < -0.3 is 19.9 Å². The Labute approximate surface area is 135 Å². The van der Waals surface area contributed by atoms with Crippen molar-refractivity contribution in [2.45, 2.75) is 32.5 Å². The molecule has 120 valence electrons. The van der Waals surface area contributed by atoms with Gasteiger partial charge in [0, 0.05) is 17.0 Å². The van der Waals surface area contributed by atoms with Crippen LogP contribution in [0.5, 0.6) is 11.5 Å². The fraction of sp³-hybridized carbons (Fsp3) is 0.412. The highest BCUT2D eigenvalue weighted by Crippen LogP contribution is 2.29. The van der Waals surface area contributed by atoms with E-state index >= 15 is 0 Å². The second kappa shape index (κ2) is 7.63. The second-order valence-corrected chi connectivity index (χ2v) is 6.78. The molecule has 0 bridgehead atoms. The smallest absolute Gasteiger partial charge is 0.161 e. The number of nitrogens with one attached hydrogen (secondary N) is 1. The summed E-state index contributed by atoms with van der Waals surface area (Å²) in [4.78, 5) is 1.18. The van der Waals surface area contributed by atoms with Crippen molar-refractivity contribution < 1.29 is 14.6 Å². The molecule has 22 heavy (non-hydrogen) atoms. The van der Waals surface area contributed by atoms with Gasteiger partial charge in [0.1, 0.15) is 6.61 Å². The topological polar surface area (TPSA) is 50.7 Å². The van der Waals surface area contributed by atoms with E-state index < -0.39 is 0 Å². The predicted molar refractivity (Wildman–Crippen MR) is 89.6 cm³/mol. The number of aliphatic hydroxyl groups excluding tert-OH is 1. The van der Waals surface area contributed by atoms with Crippen LogP contribution in [0.15, 0.2) is 35.7 Å². The number of aliphatic hydroxyl groups is 1. The molecule has 0 aliphatic carbocycles. The average Bonchev–Trinajstić information content (AvgIpc) is 3.04. The van der Waals surface area contributed by atoms with Crippen LogP contribution in [0, 0.1) is 0 Å². The first-order valence-electron chi connectivity index (χ1n) is 7.22. The Hall–Kier alpha value is -1.56. The summed E-state index contributed by atoms with van der Waals surface area (Å²) in [5.74, 6) is 1.46. The monoisotopic (exact) mass is 321 g/mol. The maximum atomic E-state index is 9.27. The highest BCUT2D eigenvalue weighted by molar-refractivity contribution is 7.09. The molecule has 0 aliphatic rings. The second-order valence-electron chi connectivity index (χ2n) is 5.75. The molecule has 0 unspecified atom stereocenters. The van der Waals surface area contributed by atoms with E-state index in [2.05, 4.69) is 5.32 Å². The van der Waals surface area contributed by atoms with Gasteiger partial charge in [-0.1, -0.05) is 12.1 Å². The number of benzene rings is 1. The lowest BCUT2D eigenvalue weighted by Crippen LogP contribution is -2.42. The predicted octanol–water partition coefficient (Wildman–Crippen LogP) is 3.20. The summed E-state index contributed by atoms with van der Waals surface area (Å²) in [6.45, 7) is 5.22. The van der Waals surface area contributed by atoms with Crippen molar-refractivity contribution in [3.63, 3.8) is 0 Å². The van der Waals surface area contributed by atoms with Gasteiger partial charge in [-0.2, -0.15) is 0 Å². The Balaban J connectivity index is 2.00. The Morgan fingerprint density at radius 1 is 1.23 bits per heavy atom. The lowest BCUT2D eigenvalue weighted by molar-refractivity contribution is 0.187.